The van der Waals surface area contributed by atoms with Gasteiger partial charge in [-0.1, -0.05) is 24.3 Å². The van der Waals surface area contributed by atoms with Crippen molar-refractivity contribution in [1.29, 1.82) is 0 Å². The van der Waals surface area contributed by atoms with Gasteiger partial charge in [0.2, 0.25) is 0 Å². The molecule has 1 aromatic rings. The van der Waals surface area contributed by atoms with Crippen LogP contribution in [0.4, 0.5) is 13.2 Å². The van der Waals surface area contributed by atoms with Crippen molar-refractivity contribution in [3.8, 4) is 0 Å². The maximum Gasteiger partial charge on any atom is 0.398 e. The normalized spacial score (nSPS) is 17.9. The number of alkyl halides is 3. The minimum absolute atomic E-state index is 0.126. The number of benzene rings is 1. The fourth-order valence-electron chi connectivity index (χ4n) is 1.94. The second-order valence-corrected chi connectivity index (χ2v) is 4.37. The van der Waals surface area contributed by atoms with E-state index < -0.39 is 17.6 Å². The first-order valence-corrected chi connectivity index (χ1v) is 5.43. The summed E-state index contributed by atoms with van der Waals surface area (Å²) in [6.45, 7) is 0. The Morgan fingerprint density at radius 3 is 2.17 bits per heavy atom. The standard InChI is InChI=1S/C13H11F3O2/c14-13(15,16)12(7-8-12)10-4-1-9(2-5-10)3-6-11(17)18/h1-6H,7-8H2,(H,17,18)/b6-3+. The molecule has 0 unspecified atom stereocenters. The zero-order valence-electron chi connectivity index (χ0n) is 9.37. The number of hydrogen-bond acceptors (Lipinski definition) is 1. The Kier molecular flexibility index (Phi) is 2.92. The van der Waals surface area contributed by atoms with Gasteiger partial charge in [-0.3, -0.25) is 0 Å². The third-order valence-electron chi connectivity index (χ3n) is 3.17. The summed E-state index contributed by atoms with van der Waals surface area (Å²) in [5.41, 5.74) is -0.858. The third kappa shape index (κ3) is 2.25. The summed E-state index contributed by atoms with van der Waals surface area (Å²) in [4.78, 5) is 10.3. The molecule has 5 heteroatoms. The molecule has 2 nitrogen and oxygen atoms in total. The van der Waals surface area contributed by atoms with Crippen molar-refractivity contribution in [3.63, 3.8) is 0 Å². The highest BCUT2D eigenvalue weighted by molar-refractivity contribution is 5.85. The Morgan fingerprint density at radius 1 is 1.22 bits per heavy atom. The van der Waals surface area contributed by atoms with Crippen molar-refractivity contribution in [1.82, 2.24) is 0 Å². The van der Waals surface area contributed by atoms with Crippen molar-refractivity contribution in [3.05, 3.63) is 41.5 Å². The second kappa shape index (κ2) is 4.15. The monoisotopic (exact) mass is 256 g/mol. The van der Waals surface area contributed by atoms with E-state index in [2.05, 4.69) is 0 Å². The minimum Gasteiger partial charge on any atom is -0.478 e. The van der Waals surface area contributed by atoms with E-state index >= 15 is 0 Å². The molecule has 0 aliphatic heterocycles. The number of rotatable bonds is 3. The van der Waals surface area contributed by atoms with E-state index in [0.717, 1.165) is 6.08 Å². The van der Waals surface area contributed by atoms with Gasteiger partial charge in [0, 0.05) is 6.08 Å². The molecule has 1 saturated carbocycles. The van der Waals surface area contributed by atoms with Gasteiger partial charge < -0.3 is 5.11 Å². The summed E-state index contributed by atoms with van der Waals surface area (Å²) < 4.78 is 38.5. The lowest BCUT2D eigenvalue weighted by molar-refractivity contribution is -0.160. The van der Waals surface area contributed by atoms with Gasteiger partial charge in [-0.15, -0.1) is 0 Å². The largest absolute Gasteiger partial charge is 0.478 e. The molecule has 1 fully saturated rings. The van der Waals surface area contributed by atoms with Crippen LogP contribution in [0, 0.1) is 0 Å². The molecule has 0 heterocycles. The van der Waals surface area contributed by atoms with Crippen LogP contribution in [-0.2, 0) is 10.2 Å². The van der Waals surface area contributed by atoms with Crippen LogP contribution < -0.4 is 0 Å². The smallest absolute Gasteiger partial charge is 0.398 e. The van der Waals surface area contributed by atoms with E-state index in [-0.39, 0.29) is 18.4 Å². The van der Waals surface area contributed by atoms with Crippen LogP contribution in [0.1, 0.15) is 24.0 Å². The quantitative estimate of drug-likeness (QED) is 0.842. The Bertz CT molecular complexity index is 482. The first-order valence-electron chi connectivity index (χ1n) is 5.43. The average Bonchev–Trinajstić information content (AvgIpc) is 3.07. The third-order valence-corrected chi connectivity index (χ3v) is 3.17. The summed E-state index contributed by atoms with van der Waals surface area (Å²) in [5.74, 6) is -1.09. The van der Waals surface area contributed by atoms with Crippen LogP contribution in [-0.4, -0.2) is 17.3 Å². The number of aliphatic carboxylic acids is 1. The predicted molar refractivity (Wildman–Crippen MR) is 60.1 cm³/mol. The van der Waals surface area contributed by atoms with E-state index in [4.69, 9.17) is 5.11 Å². The molecular weight excluding hydrogens is 245 g/mol. The highest BCUT2D eigenvalue weighted by Gasteiger charge is 2.64. The molecule has 0 saturated heterocycles. The van der Waals surface area contributed by atoms with Crippen LogP contribution in [0.5, 0.6) is 0 Å². The molecule has 2 rings (SSSR count). The maximum absolute atomic E-state index is 12.8. The lowest BCUT2D eigenvalue weighted by atomic mass is 9.94. The predicted octanol–water partition coefficient (Wildman–Crippen LogP) is 3.38. The summed E-state index contributed by atoms with van der Waals surface area (Å²) >= 11 is 0. The zero-order valence-corrected chi connectivity index (χ0v) is 9.37. The topological polar surface area (TPSA) is 37.3 Å². The van der Waals surface area contributed by atoms with E-state index in [1.54, 1.807) is 0 Å². The highest BCUT2D eigenvalue weighted by Crippen LogP contribution is 2.58. The maximum atomic E-state index is 12.8. The first-order chi connectivity index (χ1) is 8.35. The summed E-state index contributed by atoms with van der Waals surface area (Å²) in [7, 11) is 0. The van der Waals surface area contributed by atoms with Crippen molar-refractivity contribution in [2.45, 2.75) is 24.4 Å². The van der Waals surface area contributed by atoms with E-state index in [1.165, 1.54) is 30.3 Å². The summed E-state index contributed by atoms with van der Waals surface area (Å²) in [5, 5.41) is 8.44. The zero-order chi connectivity index (χ0) is 13.4. The average molecular weight is 256 g/mol. The Morgan fingerprint density at radius 2 is 1.78 bits per heavy atom. The fraction of sp³-hybridized carbons (Fsp3) is 0.308. The van der Waals surface area contributed by atoms with E-state index in [1.807, 2.05) is 0 Å². The van der Waals surface area contributed by atoms with E-state index in [0.29, 0.717) is 5.56 Å². The van der Waals surface area contributed by atoms with Gasteiger partial charge in [0.25, 0.3) is 0 Å². The number of carboxylic acid groups (broad SMARTS) is 1. The van der Waals surface area contributed by atoms with Gasteiger partial charge in [0.05, 0.1) is 5.41 Å². The number of hydrogen-bond donors (Lipinski definition) is 1. The summed E-state index contributed by atoms with van der Waals surface area (Å²) in [6, 6.07) is 5.84. The number of carbonyl (C=O) groups is 1. The Hall–Kier alpha value is -1.78. The molecule has 96 valence electrons. The van der Waals surface area contributed by atoms with Gasteiger partial charge in [-0.2, -0.15) is 13.2 Å². The molecule has 1 aliphatic carbocycles. The lowest BCUT2D eigenvalue weighted by Crippen LogP contribution is -2.28. The highest BCUT2D eigenvalue weighted by atomic mass is 19.4. The van der Waals surface area contributed by atoms with Crippen LogP contribution >= 0.6 is 0 Å². The Labute approximate surface area is 102 Å². The molecule has 0 amide bonds. The molecule has 0 spiro atoms. The minimum atomic E-state index is -4.22. The Balaban J connectivity index is 2.21. The van der Waals surface area contributed by atoms with Gasteiger partial charge >= 0.3 is 12.1 Å². The van der Waals surface area contributed by atoms with Gasteiger partial charge in [-0.25, -0.2) is 4.79 Å². The molecular formula is C13H11F3O2. The SMILES string of the molecule is O=C(O)/C=C/c1ccc(C2(C(F)(F)F)CC2)cc1. The lowest BCUT2D eigenvalue weighted by Gasteiger charge is -2.19. The molecule has 0 radical (unpaired) electrons. The number of halogens is 3. The molecule has 0 bridgehead atoms. The van der Waals surface area contributed by atoms with Crippen LogP contribution in [0.2, 0.25) is 0 Å². The molecule has 1 N–H and O–H groups in total. The van der Waals surface area contributed by atoms with Crippen molar-refractivity contribution in [2.75, 3.05) is 0 Å². The van der Waals surface area contributed by atoms with Crippen LogP contribution in [0.25, 0.3) is 6.08 Å². The molecule has 1 aliphatic rings. The molecule has 0 aromatic heterocycles. The van der Waals surface area contributed by atoms with Gasteiger partial charge in [-0.05, 0) is 30.0 Å². The fourth-order valence-corrected chi connectivity index (χ4v) is 1.94. The van der Waals surface area contributed by atoms with Crippen LogP contribution in [0.15, 0.2) is 30.3 Å². The van der Waals surface area contributed by atoms with Crippen molar-refractivity contribution >= 4 is 12.0 Å². The van der Waals surface area contributed by atoms with Crippen molar-refractivity contribution < 1.29 is 23.1 Å². The number of carboxylic acids is 1. The summed E-state index contributed by atoms with van der Waals surface area (Å²) in [6.07, 6.45) is -1.67. The second-order valence-electron chi connectivity index (χ2n) is 4.37. The molecule has 1 aromatic carbocycles. The van der Waals surface area contributed by atoms with E-state index in [9.17, 15) is 18.0 Å². The van der Waals surface area contributed by atoms with Crippen molar-refractivity contribution in [2.24, 2.45) is 0 Å². The van der Waals surface area contributed by atoms with Crippen LogP contribution in [0.3, 0.4) is 0 Å². The first kappa shape index (κ1) is 12.7. The molecule has 0 atom stereocenters. The van der Waals surface area contributed by atoms with Gasteiger partial charge in [0.15, 0.2) is 0 Å². The van der Waals surface area contributed by atoms with Gasteiger partial charge in [0.1, 0.15) is 0 Å². The molecule has 18 heavy (non-hydrogen) atoms.